The van der Waals surface area contributed by atoms with Crippen molar-refractivity contribution in [3.05, 3.63) is 41.7 Å². The molecular formula is C15H18N4O2. The van der Waals surface area contributed by atoms with Crippen molar-refractivity contribution in [3.63, 3.8) is 0 Å². The molecule has 6 heteroatoms. The number of carboxylic acid groups (broad SMARTS) is 1. The smallest absolute Gasteiger partial charge is 0.311 e. The van der Waals surface area contributed by atoms with Crippen LogP contribution in [0.5, 0.6) is 0 Å². The molecule has 0 amide bonds. The maximum atomic E-state index is 11.2. The van der Waals surface area contributed by atoms with E-state index in [1.165, 1.54) is 5.56 Å². The zero-order valence-electron chi connectivity index (χ0n) is 11.8. The molecule has 1 aromatic carbocycles. The summed E-state index contributed by atoms with van der Waals surface area (Å²) in [6, 6.07) is 10.3. The van der Waals surface area contributed by atoms with E-state index in [9.17, 15) is 9.90 Å². The van der Waals surface area contributed by atoms with Gasteiger partial charge in [-0.25, -0.2) is 4.68 Å². The molecule has 0 saturated heterocycles. The fraction of sp³-hybridized carbons (Fsp3) is 0.467. The molecule has 1 aliphatic carbocycles. The molecule has 1 aromatic heterocycles. The van der Waals surface area contributed by atoms with Gasteiger partial charge in [0.2, 0.25) is 0 Å². The lowest BCUT2D eigenvalue weighted by Gasteiger charge is -2.10. The minimum atomic E-state index is -0.742. The van der Waals surface area contributed by atoms with Crippen LogP contribution in [0.4, 0.5) is 0 Å². The van der Waals surface area contributed by atoms with E-state index < -0.39 is 11.4 Å². The number of aryl methyl sites for hydroxylation is 2. The van der Waals surface area contributed by atoms with Crippen LogP contribution in [0.2, 0.25) is 0 Å². The number of benzene rings is 1. The molecule has 0 unspecified atom stereocenters. The molecule has 1 saturated carbocycles. The van der Waals surface area contributed by atoms with Crippen molar-refractivity contribution in [2.45, 2.75) is 38.6 Å². The van der Waals surface area contributed by atoms with E-state index in [1.54, 1.807) is 4.68 Å². The summed E-state index contributed by atoms with van der Waals surface area (Å²) < 4.78 is 1.66. The number of aromatic nitrogens is 4. The van der Waals surface area contributed by atoms with Crippen LogP contribution in [0.3, 0.4) is 0 Å². The number of hydrogen-bond acceptors (Lipinski definition) is 4. The summed E-state index contributed by atoms with van der Waals surface area (Å²) in [6.45, 7) is 0.385. The van der Waals surface area contributed by atoms with Gasteiger partial charge in [0.1, 0.15) is 0 Å². The highest BCUT2D eigenvalue weighted by Gasteiger charge is 2.51. The summed E-state index contributed by atoms with van der Waals surface area (Å²) in [5, 5.41) is 20.9. The fourth-order valence-electron chi connectivity index (χ4n) is 2.50. The first-order valence-corrected chi connectivity index (χ1v) is 7.22. The normalized spacial score (nSPS) is 15.8. The molecule has 6 nitrogen and oxygen atoms in total. The van der Waals surface area contributed by atoms with E-state index in [0.717, 1.165) is 25.1 Å². The van der Waals surface area contributed by atoms with Crippen LogP contribution in [-0.2, 0) is 24.2 Å². The van der Waals surface area contributed by atoms with E-state index >= 15 is 0 Å². The summed E-state index contributed by atoms with van der Waals surface area (Å²) in [5.41, 5.74) is 0.657. The van der Waals surface area contributed by atoms with Crippen LogP contribution in [0.15, 0.2) is 30.3 Å². The van der Waals surface area contributed by atoms with E-state index in [2.05, 4.69) is 27.7 Å². The second kappa shape index (κ2) is 5.63. The van der Waals surface area contributed by atoms with Crippen molar-refractivity contribution in [3.8, 4) is 0 Å². The van der Waals surface area contributed by atoms with Crippen molar-refractivity contribution in [1.82, 2.24) is 20.2 Å². The van der Waals surface area contributed by atoms with E-state index in [1.807, 2.05) is 18.2 Å². The van der Waals surface area contributed by atoms with Gasteiger partial charge in [0.05, 0.1) is 12.0 Å². The lowest BCUT2D eigenvalue weighted by molar-refractivity contribution is -0.144. The number of nitrogens with zero attached hydrogens (tertiary/aromatic N) is 4. The van der Waals surface area contributed by atoms with Crippen molar-refractivity contribution >= 4 is 5.97 Å². The first-order chi connectivity index (χ1) is 10.2. The fourth-order valence-corrected chi connectivity index (χ4v) is 2.50. The topological polar surface area (TPSA) is 80.9 Å². The predicted molar refractivity (Wildman–Crippen MR) is 75.6 cm³/mol. The van der Waals surface area contributed by atoms with Crippen molar-refractivity contribution in [2.24, 2.45) is 5.41 Å². The molecule has 2 aromatic rings. The average Bonchev–Trinajstić information content (AvgIpc) is 3.15. The minimum absolute atomic E-state index is 0.385. The lowest BCUT2D eigenvalue weighted by Crippen LogP contribution is -2.23. The SMILES string of the molecule is O=C(O)C1(Cn2nnnc2CCCc2ccccc2)CC1. The molecular weight excluding hydrogens is 268 g/mol. The molecule has 0 spiro atoms. The third-order valence-electron chi connectivity index (χ3n) is 4.07. The van der Waals surface area contributed by atoms with Crippen LogP contribution in [0, 0.1) is 5.41 Å². The second-order valence-electron chi connectivity index (χ2n) is 5.68. The Labute approximate surface area is 122 Å². The number of carbonyl (C=O) groups is 1. The van der Waals surface area contributed by atoms with E-state index in [0.29, 0.717) is 19.4 Å². The van der Waals surface area contributed by atoms with E-state index in [-0.39, 0.29) is 0 Å². The van der Waals surface area contributed by atoms with Gasteiger partial charge in [0.15, 0.2) is 5.82 Å². The Morgan fingerprint density at radius 1 is 1.24 bits per heavy atom. The summed E-state index contributed by atoms with van der Waals surface area (Å²) in [4.78, 5) is 11.2. The summed E-state index contributed by atoms with van der Waals surface area (Å²) in [7, 11) is 0. The summed E-state index contributed by atoms with van der Waals surface area (Å²) in [6.07, 6.45) is 4.11. The third-order valence-corrected chi connectivity index (χ3v) is 4.07. The zero-order chi connectivity index (χ0) is 14.7. The molecule has 0 radical (unpaired) electrons. The highest BCUT2D eigenvalue weighted by molar-refractivity contribution is 5.77. The van der Waals surface area contributed by atoms with Crippen LogP contribution in [0.25, 0.3) is 0 Å². The molecule has 1 aliphatic rings. The molecule has 0 aliphatic heterocycles. The maximum Gasteiger partial charge on any atom is 0.311 e. The van der Waals surface area contributed by atoms with Gasteiger partial charge in [-0.1, -0.05) is 30.3 Å². The monoisotopic (exact) mass is 286 g/mol. The van der Waals surface area contributed by atoms with Crippen molar-refractivity contribution in [1.29, 1.82) is 0 Å². The van der Waals surface area contributed by atoms with Crippen LogP contribution >= 0.6 is 0 Å². The van der Waals surface area contributed by atoms with E-state index in [4.69, 9.17) is 0 Å². The Balaban J connectivity index is 1.57. The van der Waals surface area contributed by atoms with Gasteiger partial charge >= 0.3 is 5.97 Å². The number of aliphatic carboxylic acids is 1. The van der Waals surface area contributed by atoms with Gasteiger partial charge in [0, 0.05) is 6.42 Å². The predicted octanol–water partition coefficient (Wildman–Crippen LogP) is 1.71. The van der Waals surface area contributed by atoms with Crippen LogP contribution in [-0.4, -0.2) is 31.3 Å². The number of carboxylic acids is 1. The van der Waals surface area contributed by atoms with Gasteiger partial charge in [-0.3, -0.25) is 4.79 Å². The van der Waals surface area contributed by atoms with Gasteiger partial charge in [-0.05, 0) is 41.7 Å². The quantitative estimate of drug-likeness (QED) is 0.838. The Morgan fingerprint density at radius 3 is 2.67 bits per heavy atom. The maximum absolute atomic E-state index is 11.2. The van der Waals surface area contributed by atoms with Gasteiger partial charge in [-0.15, -0.1) is 5.10 Å². The molecule has 1 fully saturated rings. The van der Waals surface area contributed by atoms with Gasteiger partial charge in [-0.2, -0.15) is 0 Å². The van der Waals surface area contributed by atoms with Gasteiger partial charge < -0.3 is 5.11 Å². The molecule has 0 bridgehead atoms. The van der Waals surface area contributed by atoms with Gasteiger partial charge in [0.25, 0.3) is 0 Å². The second-order valence-corrected chi connectivity index (χ2v) is 5.68. The summed E-state index contributed by atoms with van der Waals surface area (Å²) >= 11 is 0. The largest absolute Gasteiger partial charge is 0.481 e. The zero-order valence-corrected chi connectivity index (χ0v) is 11.8. The Hall–Kier alpha value is -2.24. The first kappa shape index (κ1) is 13.7. The number of hydrogen-bond donors (Lipinski definition) is 1. The standard InChI is InChI=1S/C15H18N4O2/c20-14(21)15(9-10-15)11-19-13(16-17-18-19)8-4-7-12-5-2-1-3-6-12/h1-3,5-6H,4,7-11H2,(H,20,21). The lowest BCUT2D eigenvalue weighted by atomic mass is 10.1. The molecule has 1 N–H and O–H groups in total. The summed E-state index contributed by atoms with van der Waals surface area (Å²) in [5.74, 6) is 0.0340. The van der Waals surface area contributed by atoms with Crippen LogP contribution in [0.1, 0.15) is 30.7 Å². The highest BCUT2D eigenvalue weighted by Crippen LogP contribution is 2.47. The number of rotatable bonds is 7. The highest BCUT2D eigenvalue weighted by atomic mass is 16.4. The van der Waals surface area contributed by atoms with Crippen molar-refractivity contribution in [2.75, 3.05) is 0 Å². The Morgan fingerprint density at radius 2 is 2.00 bits per heavy atom. The first-order valence-electron chi connectivity index (χ1n) is 7.22. The molecule has 0 atom stereocenters. The number of tetrazole rings is 1. The molecule has 1 heterocycles. The third kappa shape index (κ3) is 3.09. The average molecular weight is 286 g/mol. The van der Waals surface area contributed by atoms with Crippen LogP contribution < -0.4 is 0 Å². The molecule has 21 heavy (non-hydrogen) atoms. The Bertz CT molecular complexity index is 620. The van der Waals surface area contributed by atoms with Crippen molar-refractivity contribution < 1.29 is 9.90 Å². The molecule has 110 valence electrons. The Kier molecular flexibility index (Phi) is 3.68. The molecule has 3 rings (SSSR count). The minimum Gasteiger partial charge on any atom is -0.481 e.